The molecule has 4 rings (SSSR count). The van der Waals surface area contributed by atoms with Crippen molar-refractivity contribution in [2.45, 2.75) is 6.04 Å². The van der Waals surface area contributed by atoms with E-state index in [1.165, 1.54) is 0 Å². The van der Waals surface area contributed by atoms with Crippen LogP contribution in [-0.2, 0) is 9.59 Å². The summed E-state index contributed by atoms with van der Waals surface area (Å²) in [5.41, 5.74) is 0.698. The number of thiazole rings is 1. The third kappa shape index (κ3) is 2.79. The Hall–Kier alpha value is -3.10. The highest BCUT2D eigenvalue weighted by atomic mass is 32.1. The number of carboxylic acids is 1. The van der Waals surface area contributed by atoms with E-state index in [2.05, 4.69) is 4.99 Å². The second-order valence-corrected chi connectivity index (χ2v) is 7.50. The fraction of sp³-hybridized carbons (Fsp3) is 0.0526. The summed E-state index contributed by atoms with van der Waals surface area (Å²) in [7, 11) is 0. The van der Waals surface area contributed by atoms with Gasteiger partial charge in [0.1, 0.15) is 4.88 Å². The van der Waals surface area contributed by atoms with E-state index in [0.717, 1.165) is 15.9 Å². The van der Waals surface area contributed by atoms with Gasteiger partial charge in [-0.2, -0.15) is 0 Å². The second-order valence-electron chi connectivity index (χ2n) is 5.85. The molecule has 1 aromatic heterocycles. The average molecular weight is 396 g/mol. The summed E-state index contributed by atoms with van der Waals surface area (Å²) in [4.78, 5) is 28.6. The third-order valence-corrected chi connectivity index (χ3v) is 5.67. The van der Waals surface area contributed by atoms with Crippen molar-refractivity contribution in [1.29, 1.82) is 0 Å². The number of rotatable bonds is 4. The van der Waals surface area contributed by atoms with Crippen LogP contribution < -0.4 is 10.6 Å². The highest BCUT2D eigenvalue weighted by Gasteiger charge is 2.31. The van der Waals surface area contributed by atoms with Crippen LogP contribution in [0.5, 0.6) is 5.88 Å². The quantitative estimate of drug-likeness (QED) is 0.659. The minimum atomic E-state index is -1.20. The first-order valence-electron chi connectivity index (χ1n) is 7.94. The molecular formula is C19H12N2O4S2. The number of aromatic hydroxyl groups is 1. The summed E-state index contributed by atoms with van der Waals surface area (Å²) < 4.78 is 1.32. The average Bonchev–Trinajstić information content (AvgIpc) is 3.12. The van der Waals surface area contributed by atoms with Crippen LogP contribution in [-0.4, -0.2) is 26.7 Å². The molecule has 3 aromatic rings. The first-order valence-corrected chi connectivity index (χ1v) is 9.16. The van der Waals surface area contributed by atoms with Crippen molar-refractivity contribution in [2.75, 3.05) is 0 Å². The Labute approximate surface area is 162 Å². The van der Waals surface area contributed by atoms with Gasteiger partial charge >= 0.3 is 5.97 Å². The van der Waals surface area contributed by atoms with E-state index in [4.69, 9.17) is 12.2 Å². The lowest BCUT2D eigenvalue weighted by molar-refractivity contribution is -0.139. The summed E-state index contributed by atoms with van der Waals surface area (Å²) in [6, 6.07) is 14.3. The molecule has 1 amide bonds. The van der Waals surface area contributed by atoms with Gasteiger partial charge in [0.2, 0.25) is 5.88 Å². The van der Waals surface area contributed by atoms with Gasteiger partial charge in [0, 0.05) is 5.22 Å². The predicted octanol–water partition coefficient (Wildman–Crippen LogP) is 2.02. The van der Waals surface area contributed by atoms with Gasteiger partial charge in [-0.25, -0.2) is 9.79 Å². The normalized spacial score (nSPS) is 13.9. The third-order valence-electron chi connectivity index (χ3n) is 4.26. The van der Waals surface area contributed by atoms with Gasteiger partial charge < -0.3 is 10.2 Å². The van der Waals surface area contributed by atoms with Gasteiger partial charge in [-0.15, -0.1) is 11.3 Å². The zero-order chi connectivity index (χ0) is 19.1. The van der Waals surface area contributed by atoms with E-state index in [-0.39, 0.29) is 20.3 Å². The van der Waals surface area contributed by atoms with E-state index in [9.17, 15) is 19.8 Å². The summed E-state index contributed by atoms with van der Waals surface area (Å²) in [6.07, 6.45) is 0. The Morgan fingerprint density at radius 2 is 1.78 bits per heavy atom. The standard InChI is InChI=1S/C19H12N2O4S2/c22-16-13(11-8-4-5-9-12(11)20-16)15-17(23)21(19(26)27-15)14(18(24)25)10-6-2-1-3-7-10/h1-9,14,23H,(H,24,25). The van der Waals surface area contributed by atoms with Crippen molar-refractivity contribution in [3.05, 3.63) is 79.6 Å². The number of hydrogen-bond donors (Lipinski definition) is 2. The van der Waals surface area contributed by atoms with Crippen LogP contribution in [0.1, 0.15) is 16.5 Å². The Balaban J connectivity index is 1.97. The number of aliphatic carboxylic acids is 1. The molecule has 134 valence electrons. The predicted molar refractivity (Wildman–Crippen MR) is 102 cm³/mol. The number of para-hydroxylation sites is 1. The number of amides is 1. The molecule has 1 aliphatic rings. The van der Waals surface area contributed by atoms with Gasteiger partial charge in [0.05, 0.1) is 10.9 Å². The highest BCUT2D eigenvalue weighted by molar-refractivity contribution is 7.73. The molecule has 6 nitrogen and oxygen atoms in total. The minimum absolute atomic E-state index is 0.156. The Bertz CT molecular complexity index is 1260. The zero-order valence-electron chi connectivity index (χ0n) is 13.7. The number of carbonyl (C=O) groups excluding carboxylic acids is 1. The lowest BCUT2D eigenvalue weighted by atomic mass is 10.1. The van der Waals surface area contributed by atoms with Crippen LogP contribution in [0.25, 0.3) is 5.57 Å². The topological polar surface area (TPSA) is 91.9 Å². The number of hydrogen-bond acceptors (Lipinski definition) is 5. The van der Waals surface area contributed by atoms with Gasteiger partial charge in [0.25, 0.3) is 5.91 Å². The molecule has 0 bridgehead atoms. The van der Waals surface area contributed by atoms with E-state index in [1.54, 1.807) is 54.6 Å². The molecule has 2 heterocycles. The van der Waals surface area contributed by atoms with Crippen LogP contribution in [0.15, 0.2) is 59.6 Å². The van der Waals surface area contributed by atoms with Crippen LogP contribution in [0.4, 0.5) is 0 Å². The zero-order valence-corrected chi connectivity index (χ0v) is 15.3. The van der Waals surface area contributed by atoms with E-state index in [1.807, 2.05) is 0 Å². The fourth-order valence-electron chi connectivity index (χ4n) is 3.09. The Kier molecular flexibility index (Phi) is 4.21. The summed E-state index contributed by atoms with van der Waals surface area (Å²) >= 11 is 6.32. The highest BCUT2D eigenvalue weighted by Crippen LogP contribution is 2.36. The van der Waals surface area contributed by atoms with Crippen molar-refractivity contribution >= 4 is 41.0 Å². The first-order chi connectivity index (χ1) is 13.0. The number of carbonyl (C=O) groups is 2. The molecule has 0 aliphatic carbocycles. The first kappa shape index (κ1) is 17.3. The van der Waals surface area contributed by atoms with Crippen molar-refractivity contribution in [1.82, 2.24) is 4.57 Å². The molecule has 0 saturated carbocycles. The molecule has 1 atom stereocenters. The molecule has 2 N–H and O–H groups in total. The lowest BCUT2D eigenvalue weighted by Gasteiger charge is -2.15. The van der Waals surface area contributed by atoms with Crippen LogP contribution >= 0.6 is 23.6 Å². The molecule has 1 aliphatic heterocycles. The molecule has 8 heteroatoms. The van der Waals surface area contributed by atoms with Gasteiger partial charge in [-0.1, -0.05) is 48.5 Å². The molecular weight excluding hydrogens is 384 g/mol. The maximum Gasteiger partial charge on any atom is 0.331 e. The molecule has 0 radical (unpaired) electrons. The smallest absolute Gasteiger partial charge is 0.331 e. The van der Waals surface area contributed by atoms with Crippen molar-refractivity contribution in [3.8, 4) is 5.88 Å². The number of aromatic nitrogens is 1. The molecule has 0 saturated heterocycles. The summed E-state index contributed by atoms with van der Waals surface area (Å²) in [5, 5.41) is 21.7. The van der Waals surface area contributed by atoms with Crippen molar-refractivity contribution in [3.63, 3.8) is 0 Å². The SMILES string of the molecule is O=C1N=c2ccccc2=C1c1sc(=S)n(C(C(=O)O)c2ccccc2)c1O. The largest absolute Gasteiger partial charge is 0.493 e. The molecule has 0 spiro atoms. The molecule has 1 unspecified atom stereocenters. The van der Waals surface area contributed by atoms with Crippen LogP contribution in [0, 0.1) is 3.95 Å². The van der Waals surface area contributed by atoms with Gasteiger partial charge in [0.15, 0.2) is 10.00 Å². The van der Waals surface area contributed by atoms with E-state index in [0.29, 0.717) is 16.1 Å². The summed E-state index contributed by atoms with van der Waals surface area (Å²) in [5.74, 6) is -2.00. The van der Waals surface area contributed by atoms with Crippen molar-refractivity contribution < 1.29 is 19.8 Å². The number of fused-ring (bicyclic) bond motifs is 1. The van der Waals surface area contributed by atoms with Crippen LogP contribution in [0.2, 0.25) is 0 Å². The number of carboxylic acid groups (broad SMARTS) is 1. The van der Waals surface area contributed by atoms with Gasteiger partial charge in [-0.3, -0.25) is 9.36 Å². The van der Waals surface area contributed by atoms with E-state index < -0.39 is 17.9 Å². The minimum Gasteiger partial charge on any atom is -0.493 e. The van der Waals surface area contributed by atoms with Gasteiger partial charge in [-0.05, 0) is 23.8 Å². The molecule has 27 heavy (non-hydrogen) atoms. The number of benzene rings is 2. The van der Waals surface area contributed by atoms with E-state index >= 15 is 0 Å². The lowest BCUT2D eigenvalue weighted by Crippen LogP contribution is -2.22. The molecule has 0 fully saturated rings. The summed E-state index contributed by atoms with van der Waals surface area (Å²) in [6.45, 7) is 0. The maximum absolute atomic E-state index is 12.4. The Morgan fingerprint density at radius 3 is 2.48 bits per heavy atom. The maximum atomic E-state index is 12.4. The Morgan fingerprint density at radius 1 is 1.11 bits per heavy atom. The number of nitrogens with zero attached hydrogens (tertiary/aromatic N) is 2. The monoisotopic (exact) mass is 396 g/mol. The van der Waals surface area contributed by atoms with Crippen LogP contribution in [0.3, 0.4) is 0 Å². The van der Waals surface area contributed by atoms with Crippen molar-refractivity contribution in [2.24, 2.45) is 4.99 Å². The second kappa shape index (κ2) is 6.57. The fourth-order valence-corrected chi connectivity index (χ4v) is 4.48. The molecule has 2 aromatic carbocycles.